The molecule has 166 valence electrons. The molecule has 2 heterocycles. The molecule has 2 aromatic carbocycles. The number of hydrogen-bond acceptors (Lipinski definition) is 5. The summed E-state index contributed by atoms with van der Waals surface area (Å²) in [6, 6.07) is 16.9. The van der Waals surface area contributed by atoms with Gasteiger partial charge in [-0.15, -0.1) is 11.3 Å². The molecular weight excluding hydrogens is 424 g/mol. The van der Waals surface area contributed by atoms with Crippen molar-refractivity contribution >= 4 is 34.5 Å². The van der Waals surface area contributed by atoms with E-state index < -0.39 is 0 Å². The molecule has 6 nitrogen and oxygen atoms in total. The van der Waals surface area contributed by atoms with Crippen LogP contribution in [0.1, 0.15) is 36.0 Å². The van der Waals surface area contributed by atoms with Crippen LogP contribution in [-0.2, 0) is 10.2 Å². The highest BCUT2D eigenvalue weighted by Gasteiger charge is 2.26. The Morgan fingerprint density at radius 1 is 1.16 bits per heavy atom. The van der Waals surface area contributed by atoms with Crippen molar-refractivity contribution < 1.29 is 19.1 Å². The van der Waals surface area contributed by atoms with E-state index in [2.05, 4.69) is 38.2 Å². The number of nitrogens with one attached hydrogen (secondary N) is 1. The van der Waals surface area contributed by atoms with Crippen molar-refractivity contribution in [2.24, 2.45) is 0 Å². The maximum atomic E-state index is 12.5. The summed E-state index contributed by atoms with van der Waals surface area (Å²) in [5.41, 5.74) is 2.54. The molecule has 0 bridgehead atoms. The first-order valence-electron chi connectivity index (χ1n) is 10.5. The van der Waals surface area contributed by atoms with E-state index in [-0.39, 0.29) is 23.8 Å². The summed E-state index contributed by atoms with van der Waals surface area (Å²) in [6.07, 6.45) is 0. The van der Waals surface area contributed by atoms with Gasteiger partial charge in [-0.05, 0) is 52.8 Å². The number of nitrogens with zero attached hydrogens (tertiary/aromatic N) is 1. The minimum absolute atomic E-state index is 0.0197. The van der Waals surface area contributed by atoms with Gasteiger partial charge >= 0.3 is 0 Å². The van der Waals surface area contributed by atoms with Gasteiger partial charge in [-0.25, -0.2) is 0 Å². The normalized spacial score (nSPS) is 13.3. The fourth-order valence-electron chi connectivity index (χ4n) is 3.43. The third kappa shape index (κ3) is 4.94. The Balaban J connectivity index is 1.43. The molecule has 1 aromatic heterocycles. The van der Waals surface area contributed by atoms with E-state index in [9.17, 15) is 9.59 Å². The van der Waals surface area contributed by atoms with Crippen LogP contribution >= 0.6 is 11.3 Å². The van der Waals surface area contributed by atoms with Crippen LogP contribution < -0.4 is 19.7 Å². The van der Waals surface area contributed by atoms with E-state index in [0.717, 1.165) is 5.75 Å². The molecule has 0 fully saturated rings. The Kier molecular flexibility index (Phi) is 6.19. The van der Waals surface area contributed by atoms with Gasteiger partial charge in [0.05, 0.1) is 17.1 Å². The zero-order valence-corrected chi connectivity index (χ0v) is 19.2. The fraction of sp³-hybridized carbons (Fsp3) is 0.280. The van der Waals surface area contributed by atoms with E-state index in [4.69, 9.17) is 9.47 Å². The van der Waals surface area contributed by atoms with E-state index in [1.807, 2.05) is 23.6 Å². The lowest BCUT2D eigenvalue weighted by molar-refractivity contribution is -0.121. The van der Waals surface area contributed by atoms with Gasteiger partial charge in [-0.1, -0.05) is 39.0 Å². The van der Waals surface area contributed by atoms with Gasteiger partial charge < -0.3 is 19.7 Å². The second-order valence-electron chi connectivity index (χ2n) is 8.57. The van der Waals surface area contributed by atoms with Gasteiger partial charge in [-0.3, -0.25) is 9.59 Å². The molecule has 0 saturated carbocycles. The van der Waals surface area contributed by atoms with Crippen molar-refractivity contribution in [1.29, 1.82) is 0 Å². The molecule has 2 amide bonds. The molecule has 0 atom stereocenters. The van der Waals surface area contributed by atoms with Crippen molar-refractivity contribution in [3.63, 3.8) is 0 Å². The SMILES string of the molecule is CC(C)(C)c1ccc(OCCN2C(=O)COc3ccc(NC(=O)c4cccs4)cc32)cc1. The average Bonchev–Trinajstić information content (AvgIpc) is 3.30. The molecule has 0 saturated heterocycles. The number of ether oxygens (including phenoxy) is 2. The molecule has 0 aliphatic carbocycles. The van der Waals surface area contributed by atoms with E-state index in [1.165, 1.54) is 16.9 Å². The van der Waals surface area contributed by atoms with Gasteiger partial charge in [0.15, 0.2) is 6.61 Å². The number of carbonyl (C=O) groups is 2. The maximum absolute atomic E-state index is 12.5. The smallest absolute Gasteiger partial charge is 0.265 e. The van der Waals surface area contributed by atoms with Crippen LogP contribution in [0.3, 0.4) is 0 Å². The van der Waals surface area contributed by atoms with Gasteiger partial charge in [0.2, 0.25) is 0 Å². The number of benzene rings is 2. The highest BCUT2D eigenvalue weighted by Crippen LogP contribution is 2.35. The first-order valence-corrected chi connectivity index (χ1v) is 11.3. The molecule has 1 aliphatic heterocycles. The lowest BCUT2D eigenvalue weighted by Gasteiger charge is -2.29. The summed E-state index contributed by atoms with van der Waals surface area (Å²) < 4.78 is 11.4. The van der Waals surface area contributed by atoms with E-state index in [1.54, 1.807) is 29.2 Å². The molecule has 0 spiro atoms. The quantitative estimate of drug-likeness (QED) is 0.567. The van der Waals surface area contributed by atoms with Gasteiger partial charge in [0.1, 0.15) is 18.1 Å². The molecule has 32 heavy (non-hydrogen) atoms. The third-order valence-electron chi connectivity index (χ3n) is 5.21. The number of amides is 2. The minimum atomic E-state index is -0.184. The third-order valence-corrected chi connectivity index (χ3v) is 6.08. The van der Waals surface area contributed by atoms with E-state index >= 15 is 0 Å². The van der Waals surface area contributed by atoms with Crippen molar-refractivity contribution in [3.8, 4) is 11.5 Å². The second kappa shape index (κ2) is 9.04. The Morgan fingerprint density at radius 2 is 1.94 bits per heavy atom. The number of thiophene rings is 1. The Bertz CT molecular complexity index is 1100. The predicted octanol–water partition coefficient (Wildman–Crippen LogP) is 5.10. The number of hydrogen-bond donors (Lipinski definition) is 1. The minimum Gasteiger partial charge on any atom is -0.492 e. The Morgan fingerprint density at radius 3 is 2.62 bits per heavy atom. The van der Waals surface area contributed by atoms with Crippen molar-refractivity contribution in [2.75, 3.05) is 30.0 Å². The van der Waals surface area contributed by atoms with Gasteiger partial charge in [0.25, 0.3) is 11.8 Å². The number of carbonyl (C=O) groups excluding carboxylic acids is 2. The van der Waals surface area contributed by atoms with Crippen LogP contribution in [0.5, 0.6) is 11.5 Å². The summed E-state index contributed by atoms with van der Waals surface area (Å²) >= 11 is 1.37. The van der Waals surface area contributed by atoms with Crippen LogP contribution in [0.2, 0.25) is 0 Å². The zero-order valence-electron chi connectivity index (χ0n) is 18.4. The molecule has 0 radical (unpaired) electrons. The Hall–Kier alpha value is -3.32. The standard InChI is InChI=1S/C25H26N2O4S/c1-25(2,3)17-6-9-19(10-7-17)30-13-12-27-20-15-18(8-11-21(20)31-16-23(27)28)26-24(29)22-5-4-14-32-22/h4-11,14-15H,12-13,16H2,1-3H3,(H,26,29). The summed E-state index contributed by atoms with van der Waals surface area (Å²) in [7, 11) is 0. The summed E-state index contributed by atoms with van der Waals surface area (Å²) in [6.45, 7) is 7.20. The molecule has 1 aliphatic rings. The van der Waals surface area contributed by atoms with Crippen LogP contribution in [0.25, 0.3) is 0 Å². The van der Waals surface area contributed by atoms with Crippen LogP contribution in [0, 0.1) is 0 Å². The van der Waals surface area contributed by atoms with E-state index in [0.29, 0.717) is 35.2 Å². The molecule has 1 N–H and O–H groups in total. The summed E-state index contributed by atoms with van der Waals surface area (Å²) in [5, 5.41) is 4.73. The monoisotopic (exact) mass is 450 g/mol. The van der Waals surface area contributed by atoms with Crippen molar-refractivity contribution in [3.05, 3.63) is 70.4 Å². The van der Waals surface area contributed by atoms with Gasteiger partial charge in [0, 0.05) is 5.69 Å². The zero-order chi connectivity index (χ0) is 22.7. The lowest BCUT2D eigenvalue weighted by Crippen LogP contribution is -2.41. The fourth-order valence-corrected chi connectivity index (χ4v) is 4.05. The summed E-state index contributed by atoms with van der Waals surface area (Å²) in [5.74, 6) is 1.03. The largest absolute Gasteiger partial charge is 0.492 e. The van der Waals surface area contributed by atoms with Crippen LogP contribution in [0.4, 0.5) is 11.4 Å². The van der Waals surface area contributed by atoms with Crippen molar-refractivity contribution in [1.82, 2.24) is 0 Å². The topological polar surface area (TPSA) is 67.9 Å². The first kappa shape index (κ1) is 21.9. The highest BCUT2D eigenvalue weighted by atomic mass is 32.1. The second-order valence-corrected chi connectivity index (χ2v) is 9.52. The first-order chi connectivity index (χ1) is 15.3. The lowest BCUT2D eigenvalue weighted by atomic mass is 9.87. The Labute approximate surface area is 191 Å². The maximum Gasteiger partial charge on any atom is 0.265 e. The molecule has 7 heteroatoms. The van der Waals surface area contributed by atoms with Crippen molar-refractivity contribution in [2.45, 2.75) is 26.2 Å². The number of anilines is 2. The molecule has 0 unspecified atom stereocenters. The molecule has 3 aromatic rings. The highest BCUT2D eigenvalue weighted by molar-refractivity contribution is 7.12. The van der Waals surface area contributed by atoms with Gasteiger partial charge in [-0.2, -0.15) is 0 Å². The number of rotatable bonds is 6. The number of fused-ring (bicyclic) bond motifs is 1. The van der Waals surface area contributed by atoms with Crippen LogP contribution in [0.15, 0.2) is 60.0 Å². The molecular formula is C25H26N2O4S. The summed E-state index contributed by atoms with van der Waals surface area (Å²) in [4.78, 5) is 27.2. The molecule has 4 rings (SSSR count). The average molecular weight is 451 g/mol. The predicted molar refractivity (Wildman–Crippen MR) is 127 cm³/mol. The van der Waals surface area contributed by atoms with Crippen LogP contribution in [-0.4, -0.2) is 31.6 Å².